The van der Waals surface area contributed by atoms with E-state index >= 15 is 0 Å². The van der Waals surface area contributed by atoms with Crippen molar-refractivity contribution in [3.63, 3.8) is 0 Å². The number of sulfonamides is 1. The highest BCUT2D eigenvalue weighted by molar-refractivity contribution is 7.92. The number of nitrogens with zero attached hydrogens (tertiary/aromatic N) is 2. The van der Waals surface area contributed by atoms with E-state index in [1.54, 1.807) is 18.2 Å². The van der Waals surface area contributed by atoms with E-state index < -0.39 is 27.4 Å². The van der Waals surface area contributed by atoms with Crippen molar-refractivity contribution in [3.05, 3.63) is 86.9 Å². The third kappa shape index (κ3) is 5.36. The van der Waals surface area contributed by atoms with Crippen LogP contribution < -0.4 is 14.4 Å². The Bertz CT molecular complexity index is 1300. The van der Waals surface area contributed by atoms with Gasteiger partial charge in [0, 0.05) is 12.1 Å². The zero-order valence-corrected chi connectivity index (χ0v) is 19.4. The van der Waals surface area contributed by atoms with E-state index in [1.807, 2.05) is 0 Å². The minimum Gasteiger partial charge on any atom is -0.495 e. The molecule has 1 N–H and O–H groups in total. The van der Waals surface area contributed by atoms with Crippen LogP contribution in [0, 0.1) is 10.1 Å². The molecule has 0 radical (unpaired) electrons. The van der Waals surface area contributed by atoms with Gasteiger partial charge in [0.25, 0.3) is 15.7 Å². The number of benzene rings is 3. The van der Waals surface area contributed by atoms with Gasteiger partial charge in [-0.15, -0.1) is 0 Å². The SMILES string of the molecule is COc1ccc([N+](=O)[O-])cc1NC(=O)CN(c1cccc(Cl)c1Cl)S(=O)(=O)c1ccccc1. The highest BCUT2D eigenvalue weighted by Crippen LogP contribution is 2.35. The number of ether oxygens (including phenoxy) is 1. The fourth-order valence-electron chi connectivity index (χ4n) is 2.93. The van der Waals surface area contributed by atoms with Crippen LogP contribution in [0.3, 0.4) is 0 Å². The summed E-state index contributed by atoms with van der Waals surface area (Å²) in [4.78, 5) is 23.3. The summed E-state index contributed by atoms with van der Waals surface area (Å²) in [7, 11) is -2.90. The van der Waals surface area contributed by atoms with Crippen LogP contribution in [0.5, 0.6) is 5.75 Å². The first-order valence-electron chi connectivity index (χ1n) is 9.29. The number of halogens is 2. The van der Waals surface area contributed by atoms with Gasteiger partial charge in [-0.05, 0) is 30.3 Å². The molecule has 0 bridgehead atoms. The molecule has 0 spiro atoms. The van der Waals surface area contributed by atoms with Crippen molar-refractivity contribution in [1.82, 2.24) is 0 Å². The summed E-state index contributed by atoms with van der Waals surface area (Å²) in [6.45, 7) is -0.691. The molecule has 0 saturated carbocycles. The Kier molecular flexibility index (Phi) is 7.42. The maximum atomic E-state index is 13.4. The average molecular weight is 510 g/mol. The maximum Gasteiger partial charge on any atom is 0.271 e. The van der Waals surface area contributed by atoms with Crippen molar-refractivity contribution in [2.75, 3.05) is 23.3 Å². The summed E-state index contributed by atoms with van der Waals surface area (Å²) in [6, 6.07) is 15.5. The van der Waals surface area contributed by atoms with Gasteiger partial charge in [0.2, 0.25) is 5.91 Å². The number of rotatable bonds is 8. The van der Waals surface area contributed by atoms with Crippen LogP contribution in [-0.4, -0.2) is 32.9 Å². The summed E-state index contributed by atoms with van der Waals surface area (Å²) < 4.78 is 32.7. The molecule has 172 valence electrons. The maximum absolute atomic E-state index is 13.4. The Morgan fingerprint density at radius 2 is 1.79 bits per heavy atom. The number of carbonyl (C=O) groups excluding carboxylic acids is 1. The lowest BCUT2D eigenvalue weighted by molar-refractivity contribution is -0.384. The summed E-state index contributed by atoms with van der Waals surface area (Å²) >= 11 is 12.3. The molecule has 0 aliphatic heterocycles. The van der Waals surface area contributed by atoms with Crippen LogP contribution in [0.1, 0.15) is 0 Å². The molecular formula is C21H17Cl2N3O6S. The molecule has 0 unspecified atom stereocenters. The third-order valence-electron chi connectivity index (χ3n) is 4.49. The number of nitro benzene ring substituents is 1. The van der Waals surface area contributed by atoms with Crippen molar-refractivity contribution in [2.45, 2.75) is 4.90 Å². The van der Waals surface area contributed by atoms with Crippen molar-refractivity contribution in [2.24, 2.45) is 0 Å². The number of hydrogen-bond acceptors (Lipinski definition) is 6. The average Bonchev–Trinajstić information content (AvgIpc) is 2.80. The minimum absolute atomic E-state index is 0.00539. The second-order valence-corrected chi connectivity index (χ2v) is 9.24. The molecule has 0 fully saturated rings. The predicted molar refractivity (Wildman–Crippen MR) is 126 cm³/mol. The van der Waals surface area contributed by atoms with Crippen LogP contribution in [-0.2, 0) is 14.8 Å². The van der Waals surface area contributed by atoms with Gasteiger partial charge in [-0.25, -0.2) is 8.42 Å². The summed E-state index contributed by atoms with van der Waals surface area (Å²) in [5.74, 6) is -0.628. The number of nitrogens with one attached hydrogen (secondary N) is 1. The smallest absolute Gasteiger partial charge is 0.271 e. The van der Waals surface area contributed by atoms with Crippen molar-refractivity contribution < 1.29 is 22.9 Å². The van der Waals surface area contributed by atoms with Crippen molar-refractivity contribution >= 4 is 56.2 Å². The molecule has 0 heterocycles. The van der Waals surface area contributed by atoms with Crippen molar-refractivity contribution in [3.8, 4) is 5.75 Å². The molecule has 3 rings (SSSR count). The number of amides is 1. The van der Waals surface area contributed by atoms with Gasteiger partial charge in [0.15, 0.2) is 0 Å². The van der Waals surface area contributed by atoms with Crippen LogP contribution in [0.25, 0.3) is 0 Å². The van der Waals surface area contributed by atoms with E-state index in [1.165, 1.54) is 49.6 Å². The highest BCUT2D eigenvalue weighted by atomic mass is 35.5. The molecule has 0 aliphatic rings. The molecule has 3 aromatic rings. The van der Waals surface area contributed by atoms with E-state index in [0.717, 1.165) is 10.4 Å². The van der Waals surface area contributed by atoms with E-state index in [-0.39, 0.29) is 37.8 Å². The van der Waals surface area contributed by atoms with Gasteiger partial charge in [-0.1, -0.05) is 47.5 Å². The van der Waals surface area contributed by atoms with Gasteiger partial charge in [0.05, 0.1) is 38.3 Å². The summed E-state index contributed by atoms with van der Waals surface area (Å²) in [6.07, 6.45) is 0. The molecule has 3 aromatic carbocycles. The topological polar surface area (TPSA) is 119 Å². The minimum atomic E-state index is -4.23. The van der Waals surface area contributed by atoms with E-state index in [9.17, 15) is 23.3 Å². The lowest BCUT2D eigenvalue weighted by atomic mass is 10.2. The predicted octanol–water partition coefficient (Wildman–Crippen LogP) is 4.74. The Balaban J connectivity index is 2.01. The first-order chi connectivity index (χ1) is 15.6. The normalized spacial score (nSPS) is 11.0. The Morgan fingerprint density at radius 3 is 2.42 bits per heavy atom. The van der Waals surface area contributed by atoms with Gasteiger partial charge in [-0.3, -0.25) is 19.2 Å². The number of methoxy groups -OCH3 is 1. The van der Waals surface area contributed by atoms with Gasteiger partial charge in [-0.2, -0.15) is 0 Å². The van der Waals surface area contributed by atoms with Gasteiger partial charge >= 0.3 is 0 Å². The molecule has 9 nitrogen and oxygen atoms in total. The van der Waals surface area contributed by atoms with E-state index in [4.69, 9.17) is 27.9 Å². The monoisotopic (exact) mass is 509 g/mol. The van der Waals surface area contributed by atoms with Crippen LogP contribution in [0.2, 0.25) is 10.0 Å². The quantitative estimate of drug-likeness (QED) is 0.345. The third-order valence-corrected chi connectivity index (χ3v) is 7.07. The molecule has 1 amide bonds. The fourth-order valence-corrected chi connectivity index (χ4v) is 4.83. The number of hydrogen-bond donors (Lipinski definition) is 1. The lowest BCUT2D eigenvalue weighted by Crippen LogP contribution is -2.38. The largest absolute Gasteiger partial charge is 0.495 e. The second kappa shape index (κ2) is 10.1. The van der Waals surface area contributed by atoms with Gasteiger partial charge in [0.1, 0.15) is 12.3 Å². The Morgan fingerprint density at radius 1 is 1.09 bits per heavy atom. The number of nitro groups is 1. The second-order valence-electron chi connectivity index (χ2n) is 6.59. The van der Waals surface area contributed by atoms with Crippen LogP contribution in [0.4, 0.5) is 17.1 Å². The standard InChI is InChI=1S/C21H17Cl2N3O6S/c1-32-19-11-10-14(26(28)29)12-17(19)24-20(27)13-25(18-9-5-8-16(22)21(18)23)33(30,31)15-6-3-2-4-7-15/h2-12H,13H2,1H3,(H,24,27). The summed E-state index contributed by atoms with van der Waals surface area (Å²) in [5, 5.41) is 13.6. The van der Waals surface area contributed by atoms with E-state index in [2.05, 4.69) is 5.32 Å². The van der Waals surface area contributed by atoms with Crippen molar-refractivity contribution in [1.29, 1.82) is 0 Å². The molecule has 0 saturated heterocycles. The first kappa shape index (κ1) is 24.3. The molecule has 0 aromatic heterocycles. The zero-order valence-electron chi connectivity index (χ0n) is 17.1. The highest BCUT2D eigenvalue weighted by Gasteiger charge is 2.29. The number of non-ortho nitro benzene ring substituents is 1. The Labute approximate surface area is 199 Å². The molecule has 0 atom stereocenters. The lowest BCUT2D eigenvalue weighted by Gasteiger charge is -2.25. The Hall–Kier alpha value is -3.34. The first-order valence-corrected chi connectivity index (χ1v) is 11.5. The molecule has 33 heavy (non-hydrogen) atoms. The molecule has 12 heteroatoms. The summed E-state index contributed by atoms with van der Waals surface area (Å²) in [5.41, 5.74) is -0.280. The van der Waals surface area contributed by atoms with Crippen LogP contribution >= 0.6 is 23.2 Å². The molecular weight excluding hydrogens is 493 g/mol. The number of carbonyl (C=O) groups is 1. The number of anilines is 2. The van der Waals surface area contributed by atoms with Crippen LogP contribution in [0.15, 0.2) is 71.6 Å². The molecule has 0 aliphatic carbocycles. The zero-order chi connectivity index (χ0) is 24.2. The van der Waals surface area contributed by atoms with E-state index in [0.29, 0.717) is 0 Å². The fraction of sp³-hybridized carbons (Fsp3) is 0.0952. The van der Waals surface area contributed by atoms with Gasteiger partial charge < -0.3 is 10.1 Å².